The molecule has 9 heteroatoms. The molecular weight excluding hydrogens is 434 g/mol. The van der Waals surface area contributed by atoms with Crippen molar-refractivity contribution in [2.45, 2.75) is 32.7 Å². The Morgan fingerprint density at radius 1 is 1.06 bits per heavy atom. The zero-order valence-electron chi connectivity index (χ0n) is 17.4. The van der Waals surface area contributed by atoms with E-state index in [2.05, 4.69) is 0 Å². The number of hydrogen-bond acceptors (Lipinski definition) is 6. The number of carboxylic acid groups (broad SMARTS) is 2. The Labute approximate surface area is 187 Å². The lowest BCUT2D eigenvalue weighted by Crippen LogP contribution is -2.25. The Morgan fingerprint density at radius 3 is 2.38 bits per heavy atom. The number of ketones is 1. The number of aliphatic carboxylic acids is 2. The van der Waals surface area contributed by atoms with Crippen molar-refractivity contribution in [2.75, 3.05) is 6.61 Å². The highest BCUT2D eigenvalue weighted by molar-refractivity contribution is 7.16. The van der Waals surface area contributed by atoms with Crippen LogP contribution in [0.1, 0.15) is 35.7 Å². The quantitative estimate of drug-likeness (QED) is 0.334. The van der Waals surface area contributed by atoms with Crippen molar-refractivity contribution in [3.8, 4) is 5.75 Å². The van der Waals surface area contributed by atoms with Crippen LogP contribution in [0.25, 0.3) is 10.2 Å². The Bertz CT molecular complexity index is 1180. The molecule has 0 aliphatic carbocycles. The van der Waals surface area contributed by atoms with E-state index in [9.17, 15) is 19.2 Å². The lowest BCUT2D eigenvalue weighted by Gasteiger charge is -2.10. The summed E-state index contributed by atoms with van der Waals surface area (Å²) in [5.74, 6) is -3.68. The van der Waals surface area contributed by atoms with Crippen molar-refractivity contribution >= 4 is 39.3 Å². The van der Waals surface area contributed by atoms with Crippen LogP contribution in [0.5, 0.6) is 5.75 Å². The lowest BCUT2D eigenvalue weighted by atomic mass is 10.00. The third-order valence-electron chi connectivity index (χ3n) is 5.01. The maximum absolute atomic E-state index is 12.4. The molecule has 0 atom stereocenters. The summed E-state index contributed by atoms with van der Waals surface area (Å²) in [4.78, 5) is 46.4. The number of carboxylic acids is 2. The highest BCUT2D eigenvalue weighted by atomic mass is 32.1. The third-order valence-corrected chi connectivity index (χ3v) is 5.95. The number of benzene rings is 2. The second-order valence-electron chi connectivity index (χ2n) is 7.30. The molecule has 0 spiro atoms. The highest BCUT2D eigenvalue weighted by Gasteiger charge is 2.25. The first kappa shape index (κ1) is 23.2. The van der Waals surface area contributed by atoms with Crippen molar-refractivity contribution in [3.63, 3.8) is 0 Å². The van der Waals surface area contributed by atoms with Crippen molar-refractivity contribution in [1.29, 1.82) is 0 Å². The molecule has 0 fully saturated rings. The Morgan fingerprint density at radius 2 is 1.75 bits per heavy atom. The Kier molecular flexibility index (Phi) is 7.42. The SMILES string of the molecule is CCCC(=O)c1ccc2c(c1)sc(=O)n2CCOc1ccc(CC(C(=O)O)C(=O)O)cc1. The van der Waals surface area contributed by atoms with E-state index < -0.39 is 17.9 Å². The highest BCUT2D eigenvalue weighted by Crippen LogP contribution is 2.21. The summed E-state index contributed by atoms with van der Waals surface area (Å²) in [7, 11) is 0. The molecule has 1 aromatic heterocycles. The normalized spacial score (nSPS) is 11.1. The molecule has 0 amide bonds. The number of hydrogen-bond donors (Lipinski definition) is 2. The average molecular weight is 458 g/mol. The van der Waals surface area contributed by atoms with Crippen molar-refractivity contribution in [1.82, 2.24) is 4.57 Å². The molecule has 3 rings (SSSR count). The predicted molar refractivity (Wildman–Crippen MR) is 120 cm³/mol. The molecule has 0 aliphatic rings. The fraction of sp³-hybridized carbons (Fsp3) is 0.304. The van der Waals surface area contributed by atoms with E-state index in [1.54, 1.807) is 47.0 Å². The largest absolute Gasteiger partial charge is 0.492 e. The molecule has 0 bridgehead atoms. The monoisotopic (exact) mass is 457 g/mol. The zero-order valence-corrected chi connectivity index (χ0v) is 18.3. The number of thiazole rings is 1. The van der Waals surface area contributed by atoms with Gasteiger partial charge in [0, 0.05) is 12.0 Å². The standard InChI is InChI=1S/C23H23NO7S/c1-2-3-19(25)15-6-9-18-20(13-15)32-23(30)24(18)10-11-31-16-7-4-14(5-8-16)12-17(21(26)27)22(28)29/h4-9,13,17H,2-3,10-12H2,1H3,(H,26,27)(H,28,29). The first-order valence-electron chi connectivity index (χ1n) is 10.1. The minimum atomic E-state index is -1.50. The Hall–Kier alpha value is -3.46. The summed E-state index contributed by atoms with van der Waals surface area (Å²) in [6, 6.07) is 11.8. The first-order chi connectivity index (χ1) is 15.3. The Balaban J connectivity index is 1.63. The van der Waals surface area contributed by atoms with Gasteiger partial charge in [0.1, 0.15) is 12.4 Å². The number of ether oxygens (including phenoxy) is 1. The lowest BCUT2D eigenvalue weighted by molar-refractivity contribution is -0.154. The van der Waals surface area contributed by atoms with Gasteiger partial charge in [-0.15, -0.1) is 0 Å². The molecule has 0 radical (unpaired) electrons. The number of Topliss-reactive ketones (excluding diaryl/α,β-unsaturated/α-hetero) is 1. The maximum Gasteiger partial charge on any atom is 0.318 e. The zero-order chi connectivity index (χ0) is 23.3. The number of rotatable bonds is 11. The van der Waals surface area contributed by atoms with Gasteiger partial charge in [0.2, 0.25) is 0 Å². The molecule has 8 nitrogen and oxygen atoms in total. The average Bonchev–Trinajstić information content (AvgIpc) is 3.07. The number of carbonyl (C=O) groups is 3. The minimum absolute atomic E-state index is 0.0617. The summed E-state index contributed by atoms with van der Waals surface area (Å²) in [5, 5.41) is 18.0. The second-order valence-corrected chi connectivity index (χ2v) is 8.29. The van der Waals surface area contributed by atoms with Crippen LogP contribution in [0.3, 0.4) is 0 Å². The number of nitrogens with zero attached hydrogens (tertiary/aromatic N) is 1. The van der Waals surface area contributed by atoms with Gasteiger partial charge in [-0.25, -0.2) is 0 Å². The van der Waals surface area contributed by atoms with Crippen LogP contribution in [0.2, 0.25) is 0 Å². The van der Waals surface area contributed by atoms with Crippen LogP contribution in [-0.2, 0) is 22.6 Å². The van der Waals surface area contributed by atoms with Gasteiger partial charge in [0.15, 0.2) is 11.7 Å². The van der Waals surface area contributed by atoms with Gasteiger partial charge >= 0.3 is 16.8 Å². The van der Waals surface area contributed by atoms with E-state index in [1.807, 2.05) is 6.92 Å². The van der Waals surface area contributed by atoms with Crippen LogP contribution < -0.4 is 9.61 Å². The van der Waals surface area contributed by atoms with Gasteiger partial charge in [-0.3, -0.25) is 23.7 Å². The van der Waals surface area contributed by atoms with E-state index >= 15 is 0 Å². The number of fused-ring (bicyclic) bond motifs is 1. The van der Waals surface area contributed by atoms with Gasteiger partial charge < -0.3 is 14.9 Å². The number of aromatic nitrogens is 1. The molecule has 2 N–H and O–H groups in total. The molecular formula is C23H23NO7S. The molecule has 0 saturated carbocycles. The molecule has 0 aliphatic heterocycles. The summed E-state index contributed by atoms with van der Waals surface area (Å²) >= 11 is 1.09. The topological polar surface area (TPSA) is 123 Å². The molecule has 2 aromatic carbocycles. The predicted octanol–water partition coefficient (Wildman–Crippen LogP) is 3.45. The smallest absolute Gasteiger partial charge is 0.318 e. The van der Waals surface area contributed by atoms with Crippen LogP contribution in [0.4, 0.5) is 0 Å². The molecule has 3 aromatic rings. The van der Waals surface area contributed by atoms with Crippen LogP contribution in [0.15, 0.2) is 47.3 Å². The van der Waals surface area contributed by atoms with Crippen molar-refractivity contribution in [2.24, 2.45) is 5.92 Å². The van der Waals surface area contributed by atoms with E-state index in [0.29, 0.717) is 29.8 Å². The maximum atomic E-state index is 12.4. The molecule has 0 unspecified atom stereocenters. The van der Waals surface area contributed by atoms with E-state index in [1.165, 1.54) is 0 Å². The van der Waals surface area contributed by atoms with Gasteiger partial charge in [-0.1, -0.05) is 30.4 Å². The molecule has 1 heterocycles. The number of carbonyl (C=O) groups excluding carboxylic acids is 1. The minimum Gasteiger partial charge on any atom is -0.492 e. The summed E-state index contributed by atoms with van der Waals surface area (Å²) in [6.45, 7) is 2.50. The molecule has 32 heavy (non-hydrogen) atoms. The fourth-order valence-electron chi connectivity index (χ4n) is 3.32. The fourth-order valence-corrected chi connectivity index (χ4v) is 4.27. The summed E-state index contributed by atoms with van der Waals surface area (Å²) in [5.41, 5.74) is 1.93. The van der Waals surface area contributed by atoms with Crippen molar-refractivity contribution < 1.29 is 29.3 Å². The van der Waals surface area contributed by atoms with E-state index in [4.69, 9.17) is 14.9 Å². The molecule has 168 valence electrons. The van der Waals surface area contributed by atoms with Gasteiger partial charge in [0.05, 0.1) is 16.8 Å². The van der Waals surface area contributed by atoms with E-state index in [0.717, 1.165) is 28.0 Å². The van der Waals surface area contributed by atoms with Gasteiger partial charge in [-0.05, 0) is 48.7 Å². The van der Waals surface area contributed by atoms with Crippen LogP contribution in [0, 0.1) is 5.92 Å². The van der Waals surface area contributed by atoms with Crippen LogP contribution >= 0.6 is 11.3 Å². The third kappa shape index (κ3) is 5.42. The summed E-state index contributed by atoms with van der Waals surface area (Å²) < 4.78 is 8.05. The second kappa shape index (κ2) is 10.2. The summed E-state index contributed by atoms with van der Waals surface area (Å²) in [6.07, 6.45) is 1.12. The first-order valence-corrected chi connectivity index (χ1v) is 11.0. The van der Waals surface area contributed by atoms with Crippen molar-refractivity contribution in [3.05, 3.63) is 63.3 Å². The molecule has 0 saturated heterocycles. The van der Waals surface area contributed by atoms with Crippen LogP contribution in [-0.4, -0.2) is 39.1 Å². The van der Waals surface area contributed by atoms with Gasteiger partial charge in [-0.2, -0.15) is 0 Å². The van der Waals surface area contributed by atoms with E-state index in [-0.39, 0.29) is 23.7 Å². The van der Waals surface area contributed by atoms with Gasteiger partial charge in [0.25, 0.3) is 0 Å².